The molecular formula is C25H21BrClN3OS. The van der Waals surface area contributed by atoms with Gasteiger partial charge in [-0.1, -0.05) is 72.2 Å². The minimum atomic E-state index is -0.350. The van der Waals surface area contributed by atoms with Gasteiger partial charge in [0.1, 0.15) is 5.82 Å². The topological polar surface area (TPSA) is 47.2 Å². The molecule has 0 bridgehead atoms. The Bertz CT molecular complexity index is 1360. The van der Waals surface area contributed by atoms with E-state index in [-0.39, 0.29) is 11.0 Å². The molecule has 0 N–H and O–H groups in total. The summed E-state index contributed by atoms with van der Waals surface area (Å²) >= 11 is 11.0. The van der Waals surface area contributed by atoms with Gasteiger partial charge < -0.3 is 0 Å². The number of aromatic nitrogens is 2. The molecule has 0 saturated carbocycles. The lowest BCUT2D eigenvalue weighted by molar-refractivity contribution is 0.506. The molecule has 1 aromatic heterocycles. The summed E-state index contributed by atoms with van der Waals surface area (Å²) in [6, 6.07) is 21.3. The van der Waals surface area contributed by atoms with E-state index in [4.69, 9.17) is 16.6 Å². The highest BCUT2D eigenvalue weighted by Gasteiger charge is 2.22. The number of nitrogens with zero attached hydrogens (tertiary/aromatic N) is 3. The maximum atomic E-state index is 13.2. The fourth-order valence-electron chi connectivity index (χ4n) is 3.13. The summed E-state index contributed by atoms with van der Waals surface area (Å²) in [6.07, 6.45) is 1.69. The fourth-order valence-corrected chi connectivity index (χ4v) is 4.43. The quantitative estimate of drug-likeness (QED) is 0.265. The molecule has 0 aliphatic carbocycles. The highest BCUT2D eigenvalue weighted by atomic mass is 79.9. The van der Waals surface area contributed by atoms with Crippen LogP contribution in [0.15, 0.2) is 90.9 Å². The van der Waals surface area contributed by atoms with Crippen LogP contribution in [0.2, 0.25) is 5.02 Å². The lowest BCUT2D eigenvalue weighted by atomic mass is 9.95. The average molecular weight is 527 g/mol. The van der Waals surface area contributed by atoms with Crippen LogP contribution in [-0.2, 0) is 5.41 Å². The van der Waals surface area contributed by atoms with E-state index in [2.05, 4.69) is 21.0 Å². The minimum absolute atomic E-state index is 0.188. The largest absolute Gasteiger partial charge is 0.282 e. The Labute approximate surface area is 204 Å². The van der Waals surface area contributed by atoms with Crippen molar-refractivity contribution >= 4 is 56.4 Å². The molecule has 0 aliphatic rings. The van der Waals surface area contributed by atoms with Crippen LogP contribution in [0.3, 0.4) is 0 Å². The molecule has 0 atom stereocenters. The van der Waals surface area contributed by atoms with E-state index in [0.29, 0.717) is 16.7 Å². The Hall–Kier alpha value is -2.41. The smallest absolute Gasteiger partial charge is 0.267 e. The molecule has 7 heteroatoms. The van der Waals surface area contributed by atoms with Crippen LogP contribution in [-0.4, -0.2) is 15.9 Å². The summed E-state index contributed by atoms with van der Waals surface area (Å²) in [5.74, 6) is 0.614. The van der Waals surface area contributed by atoms with Crippen molar-refractivity contribution in [2.75, 3.05) is 0 Å². The molecule has 32 heavy (non-hydrogen) atoms. The molecule has 0 fully saturated rings. The van der Waals surface area contributed by atoms with Crippen molar-refractivity contribution in [2.24, 2.45) is 5.10 Å². The van der Waals surface area contributed by atoms with Crippen molar-refractivity contribution < 1.29 is 0 Å². The zero-order valence-electron chi connectivity index (χ0n) is 17.8. The van der Waals surface area contributed by atoms with E-state index >= 15 is 0 Å². The third-order valence-corrected chi connectivity index (χ3v) is 6.49. The maximum absolute atomic E-state index is 13.2. The second kappa shape index (κ2) is 9.22. The molecule has 0 saturated heterocycles. The molecule has 0 unspecified atom stereocenters. The molecular weight excluding hydrogens is 506 g/mol. The Morgan fingerprint density at radius 2 is 1.62 bits per heavy atom. The van der Waals surface area contributed by atoms with E-state index in [1.807, 2.05) is 81.4 Å². The first-order valence-electron chi connectivity index (χ1n) is 10.0. The van der Waals surface area contributed by atoms with Crippen molar-refractivity contribution in [2.45, 2.75) is 36.0 Å². The number of benzene rings is 3. The fraction of sp³-hybridized carbons (Fsp3) is 0.160. The predicted octanol–water partition coefficient (Wildman–Crippen LogP) is 7.14. The van der Waals surface area contributed by atoms with Crippen LogP contribution in [0.1, 0.15) is 32.2 Å². The van der Waals surface area contributed by atoms with Gasteiger partial charge in [0.05, 0.1) is 17.1 Å². The first kappa shape index (κ1) is 22.8. The highest BCUT2D eigenvalue weighted by Crippen LogP contribution is 2.28. The molecule has 4 rings (SSSR count). The Morgan fingerprint density at radius 1 is 1.00 bits per heavy atom. The minimum Gasteiger partial charge on any atom is -0.267 e. The summed E-state index contributed by atoms with van der Waals surface area (Å²) in [4.78, 5) is 20.2. The Morgan fingerprint density at radius 3 is 2.25 bits per heavy atom. The standard InChI is InChI=1S/C25H21BrClN3OS/c1-25(2,3)24-29-22-13-6-17(26)14-21(22)23(31)30(24)28-15-16-4-9-19(10-5-16)32-20-11-7-18(27)8-12-20/h4-15H,1-3H3. The van der Waals surface area contributed by atoms with Gasteiger partial charge >= 0.3 is 0 Å². The monoisotopic (exact) mass is 525 g/mol. The molecule has 0 spiro atoms. The van der Waals surface area contributed by atoms with Crippen molar-refractivity contribution in [1.29, 1.82) is 0 Å². The summed E-state index contributed by atoms with van der Waals surface area (Å²) in [7, 11) is 0. The summed E-state index contributed by atoms with van der Waals surface area (Å²) in [5.41, 5.74) is 1.02. The summed E-state index contributed by atoms with van der Waals surface area (Å²) < 4.78 is 2.24. The normalized spacial score (nSPS) is 12.0. The van der Waals surface area contributed by atoms with Crippen molar-refractivity contribution in [3.8, 4) is 0 Å². The SMILES string of the molecule is CC(C)(C)c1nc2ccc(Br)cc2c(=O)n1N=Cc1ccc(Sc2ccc(Cl)cc2)cc1. The molecule has 0 radical (unpaired) electrons. The van der Waals surface area contributed by atoms with Crippen LogP contribution >= 0.6 is 39.3 Å². The van der Waals surface area contributed by atoms with E-state index in [1.54, 1.807) is 24.0 Å². The van der Waals surface area contributed by atoms with Crippen LogP contribution in [0.4, 0.5) is 0 Å². The maximum Gasteiger partial charge on any atom is 0.282 e. The molecule has 3 aromatic carbocycles. The van der Waals surface area contributed by atoms with Crippen LogP contribution < -0.4 is 5.56 Å². The second-order valence-corrected chi connectivity index (χ2v) is 10.8. The van der Waals surface area contributed by atoms with Gasteiger partial charge in [0.25, 0.3) is 5.56 Å². The molecule has 0 aliphatic heterocycles. The number of rotatable bonds is 4. The zero-order chi connectivity index (χ0) is 22.9. The van der Waals surface area contributed by atoms with E-state index in [0.717, 1.165) is 24.8 Å². The van der Waals surface area contributed by atoms with Gasteiger partial charge in [-0.25, -0.2) is 4.98 Å². The van der Waals surface area contributed by atoms with Crippen LogP contribution in [0, 0.1) is 0 Å². The van der Waals surface area contributed by atoms with Gasteiger partial charge in [0.2, 0.25) is 0 Å². The molecule has 0 amide bonds. The first-order chi connectivity index (χ1) is 15.2. The molecule has 1 heterocycles. The number of halogens is 2. The molecule has 162 valence electrons. The number of hydrogen-bond donors (Lipinski definition) is 0. The zero-order valence-corrected chi connectivity index (χ0v) is 21.0. The van der Waals surface area contributed by atoms with E-state index in [1.165, 1.54) is 4.68 Å². The van der Waals surface area contributed by atoms with Crippen molar-refractivity contribution in [1.82, 2.24) is 9.66 Å². The van der Waals surface area contributed by atoms with Crippen LogP contribution in [0.25, 0.3) is 10.9 Å². The Balaban J connectivity index is 1.66. The van der Waals surface area contributed by atoms with Gasteiger partial charge in [-0.15, -0.1) is 0 Å². The molecule has 4 nitrogen and oxygen atoms in total. The van der Waals surface area contributed by atoms with Crippen molar-refractivity contribution in [3.63, 3.8) is 0 Å². The number of hydrogen-bond acceptors (Lipinski definition) is 4. The second-order valence-electron chi connectivity index (χ2n) is 8.33. The van der Waals surface area contributed by atoms with Gasteiger partial charge in [0, 0.05) is 24.7 Å². The molecule has 4 aromatic rings. The van der Waals surface area contributed by atoms with Gasteiger partial charge in [0.15, 0.2) is 0 Å². The predicted molar refractivity (Wildman–Crippen MR) is 137 cm³/mol. The average Bonchev–Trinajstić information content (AvgIpc) is 2.75. The summed E-state index contributed by atoms with van der Waals surface area (Å²) in [6.45, 7) is 6.07. The van der Waals surface area contributed by atoms with Gasteiger partial charge in [-0.3, -0.25) is 4.79 Å². The lowest BCUT2D eigenvalue weighted by Crippen LogP contribution is -2.29. The third-order valence-electron chi connectivity index (χ3n) is 4.73. The first-order valence-corrected chi connectivity index (χ1v) is 12.0. The van der Waals surface area contributed by atoms with E-state index < -0.39 is 0 Å². The van der Waals surface area contributed by atoms with E-state index in [9.17, 15) is 4.79 Å². The van der Waals surface area contributed by atoms with Crippen LogP contribution in [0.5, 0.6) is 0 Å². The highest BCUT2D eigenvalue weighted by molar-refractivity contribution is 9.10. The Kier molecular flexibility index (Phi) is 6.56. The van der Waals surface area contributed by atoms with Gasteiger partial charge in [-0.05, 0) is 60.2 Å². The number of fused-ring (bicyclic) bond motifs is 1. The third kappa shape index (κ3) is 5.14. The van der Waals surface area contributed by atoms with Gasteiger partial charge in [-0.2, -0.15) is 9.78 Å². The van der Waals surface area contributed by atoms with Crippen molar-refractivity contribution in [3.05, 3.63) is 98.0 Å². The lowest BCUT2D eigenvalue weighted by Gasteiger charge is -2.20. The summed E-state index contributed by atoms with van der Waals surface area (Å²) in [5, 5.41) is 5.78.